The van der Waals surface area contributed by atoms with E-state index in [2.05, 4.69) is 48.5 Å². The minimum absolute atomic E-state index is 0.0980. The summed E-state index contributed by atoms with van der Waals surface area (Å²) in [6, 6.07) is 27.5. The smallest absolute Gasteiger partial charge is 0.231 e. The molecule has 0 atom stereocenters. The van der Waals surface area contributed by atoms with E-state index in [1.165, 1.54) is 0 Å². The zero-order valence-electron chi connectivity index (χ0n) is 22.0. The third-order valence-corrected chi connectivity index (χ3v) is 9.51. The van der Waals surface area contributed by atoms with E-state index >= 15 is 0 Å². The van der Waals surface area contributed by atoms with Gasteiger partial charge < -0.3 is 18.9 Å². The van der Waals surface area contributed by atoms with Crippen molar-refractivity contribution in [1.29, 1.82) is 0 Å². The fraction of sp³-hybridized carbons (Fsp3) is 0.188. The topological polar surface area (TPSA) is 71.1 Å². The number of ketones is 2. The Balaban J connectivity index is 0.924. The van der Waals surface area contributed by atoms with Crippen LogP contribution >= 0.6 is 35.3 Å². The molecule has 4 aromatic carbocycles. The van der Waals surface area contributed by atoms with Gasteiger partial charge in [0.05, 0.1) is 0 Å². The van der Waals surface area contributed by atoms with Crippen molar-refractivity contribution in [2.45, 2.75) is 32.4 Å². The van der Waals surface area contributed by atoms with Crippen molar-refractivity contribution in [3.8, 4) is 23.0 Å². The summed E-state index contributed by atoms with van der Waals surface area (Å²) in [4.78, 5) is 29.7. The zero-order valence-corrected chi connectivity index (χ0v) is 24.4. The van der Waals surface area contributed by atoms with Crippen LogP contribution in [-0.2, 0) is 0 Å². The highest BCUT2D eigenvalue weighted by molar-refractivity contribution is 8.00. The van der Waals surface area contributed by atoms with Crippen LogP contribution in [0.1, 0.15) is 33.6 Å². The summed E-state index contributed by atoms with van der Waals surface area (Å²) in [6.45, 7) is 0.408. The minimum atomic E-state index is 0.0980. The van der Waals surface area contributed by atoms with Crippen molar-refractivity contribution < 1.29 is 28.5 Å². The second-order valence-corrected chi connectivity index (χ2v) is 12.7. The molecule has 2 aliphatic heterocycles. The zero-order chi connectivity index (χ0) is 28.0. The van der Waals surface area contributed by atoms with Crippen molar-refractivity contribution in [1.82, 2.24) is 0 Å². The number of carbonyl (C=O) groups is 2. The molecule has 2 aliphatic rings. The van der Waals surface area contributed by atoms with Crippen LogP contribution in [-0.4, -0.2) is 36.7 Å². The van der Waals surface area contributed by atoms with Gasteiger partial charge in [-0.25, -0.2) is 0 Å². The van der Waals surface area contributed by atoms with Crippen molar-refractivity contribution >= 4 is 46.9 Å². The summed E-state index contributed by atoms with van der Waals surface area (Å²) in [5.74, 6) is 4.26. The number of rotatable bonds is 12. The first-order chi connectivity index (χ1) is 20.1. The van der Waals surface area contributed by atoms with Gasteiger partial charge in [0.2, 0.25) is 13.6 Å². The highest BCUT2D eigenvalue weighted by Gasteiger charge is 2.17. The molecular weight excluding hydrogens is 577 g/mol. The number of Topliss-reactive ketones (excluding diaryl/α,β-unsaturated/α-hetero) is 2. The van der Waals surface area contributed by atoms with Gasteiger partial charge in [-0.1, -0.05) is 11.8 Å². The van der Waals surface area contributed by atoms with Gasteiger partial charge in [-0.2, -0.15) is 0 Å². The van der Waals surface area contributed by atoms with E-state index in [1.807, 2.05) is 0 Å². The van der Waals surface area contributed by atoms with Gasteiger partial charge in [-0.3, -0.25) is 9.59 Å². The van der Waals surface area contributed by atoms with E-state index in [4.69, 9.17) is 18.9 Å². The van der Waals surface area contributed by atoms with Crippen LogP contribution in [0.5, 0.6) is 23.0 Å². The Morgan fingerprint density at radius 1 is 0.512 bits per heavy atom. The maximum absolute atomic E-state index is 12.6. The Bertz CT molecular complexity index is 1440. The number of hydrogen-bond donors (Lipinski definition) is 0. The number of benzene rings is 4. The first kappa shape index (κ1) is 27.6. The van der Waals surface area contributed by atoms with E-state index in [9.17, 15) is 9.59 Å². The Kier molecular flexibility index (Phi) is 8.74. The monoisotopic (exact) mass is 602 g/mol. The molecule has 0 bridgehead atoms. The molecule has 0 N–H and O–H groups in total. The first-order valence-corrected chi connectivity index (χ1v) is 15.9. The molecule has 6 rings (SSSR count). The lowest BCUT2D eigenvalue weighted by molar-refractivity contribution is 0.0981. The van der Waals surface area contributed by atoms with Crippen molar-refractivity contribution in [3.63, 3.8) is 0 Å². The number of hydrogen-bond acceptors (Lipinski definition) is 9. The molecule has 9 heteroatoms. The molecule has 0 fully saturated rings. The lowest BCUT2D eigenvalue weighted by atomic mass is 10.1. The van der Waals surface area contributed by atoms with Crippen molar-refractivity contribution in [3.05, 3.63) is 96.1 Å². The Morgan fingerprint density at radius 3 is 1.34 bits per heavy atom. The van der Waals surface area contributed by atoms with Crippen molar-refractivity contribution in [2.75, 3.05) is 25.1 Å². The molecule has 0 unspecified atom stereocenters. The summed E-state index contributed by atoms with van der Waals surface area (Å²) in [7, 11) is 0. The van der Waals surface area contributed by atoms with Crippen LogP contribution in [0.3, 0.4) is 0 Å². The van der Waals surface area contributed by atoms with E-state index < -0.39 is 0 Å². The van der Waals surface area contributed by atoms with Gasteiger partial charge >= 0.3 is 0 Å². The molecule has 6 nitrogen and oxygen atoms in total. The number of fused-ring (bicyclic) bond motifs is 2. The van der Waals surface area contributed by atoms with Gasteiger partial charge in [-0.05, 0) is 84.9 Å². The predicted molar refractivity (Wildman–Crippen MR) is 161 cm³/mol. The lowest BCUT2D eigenvalue weighted by Crippen LogP contribution is -2.00. The van der Waals surface area contributed by atoms with Gasteiger partial charge in [-0.15, -0.1) is 23.5 Å². The fourth-order valence-electron chi connectivity index (χ4n) is 4.30. The highest BCUT2D eigenvalue weighted by atomic mass is 32.2. The van der Waals surface area contributed by atoms with Gasteiger partial charge in [0.15, 0.2) is 34.6 Å². The standard InChI is InChI=1S/C32H26O6S3/c33-27(21-1-11-29-31(17-21)37-19-35-29)13-15-39-23-3-7-25(8-4-23)41-26-9-5-24(6-10-26)40-16-14-28(34)22-2-12-30-32(18-22)38-20-36-30/h1-12,17-18H,13-16,19-20H2. The molecule has 0 radical (unpaired) electrons. The predicted octanol–water partition coefficient (Wildman–Crippen LogP) is 8.03. The molecule has 208 valence electrons. The number of carbonyl (C=O) groups excluding carboxylic acids is 2. The van der Waals surface area contributed by atoms with Gasteiger partial charge in [0, 0.05) is 55.1 Å². The molecule has 0 saturated heterocycles. The summed E-state index contributed by atoms with van der Waals surface area (Å²) in [6.07, 6.45) is 0.912. The van der Waals surface area contributed by atoms with Crippen LogP contribution in [0.2, 0.25) is 0 Å². The van der Waals surface area contributed by atoms with Gasteiger partial charge in [0.25, 0.3) is 0 Å². The lowest BCUT2D eigenvalue weighted by Gasteiger charge is -2.06. The summed E-state index contributed by atoms with van der Waals surface area (Å²) in [5, 5.41) is 0. The maximum Gasteiger partial charge on any atom is 0.231 e. The van der Waals surface area contributed by atoms with Crippen LogP contribution < -0.4 is 18.9 Å². The van der Waals surface area contributed by atoms with E-state index in [0.29, 0.717) is 58.5 Å². The normalized spacial score (nSPS) is 12.9. The average molecular weight is 603 g/mol. The second kappa shape index (κ2) is 13.0. The Labute approximate surface area is 251 Å². The van der Waals surface area contributed by atoms with E-state index in [-0.39, 0.29) is 25.2 Å². The highest BCUT2D eigenvalue weighted by Crippen LogP contribution is 2.35. The summed E-state index contributed by atoms with van der Waals surface area (Å²) < 4.78 is 21.4. The molecular formula is C32H26O6S3. The quantitative estimate of drug-likeness (QED) is 0.118. The summed E-state index contributed by atoms with van der Waals surface area (Å²) in [5.41, 5.74) is 1.31. The average Bonchev–Trinajstić information content (AvgIpc) is 3.67. The molecule has 0 amide bonds. The number of ether oxygens (including phenoxy) is 4. The molecule has 41 heavy (non-hydrogen) atoms. The minimum Gasteiger partial charge on any atom is -0.454 e. The second-order valence-electron chi connectivity index (χ2n) is 9.22. The molecule has 0 aromatic heterocycles. The van der Waals surface area contributed by atoms with Crippen LogP contribution in [0.4, 0.5) is 0 Å². The molecule has 2 heterocycles. The van der Waals surface area contributed by atoms with Gasteiger partial charge in [0.1, 0.15) is 0 Å². The molecule has 4 aromatic rings. The Morgan fingerprint density at radius 2 is 0.902 bits per heavy atom. The van der Waals surface area contributed by atoms with E-state index in [0.717, 1.165) is 19.6 Å². The first-order valence-electron chi connectivity index (χ1n) is 13.1. The maximum atomic E-state index is 12.6. The van der Waals surface area contributed by atoms with Crippen LogP contribution in [0.15, 0.2) is 105 Å². The van der Waals surface area contributed by atoms with E-state index in [1.54, 1.807) is 71.7 Å². The third-order valence-electron chi connectivity index (χ3n) is 6.47. The molecule has 0 spiro atoms. The Hall–Kier alpha value is -3.53. The third kappa shape index (κ3) is 7.04. The number of thioether (sulfide) groups is 2. The molecule has 0 saturated carbocycles. The van der Waals surface area contributed by atoms with Crippen LogP contribution in [0.25, 0.3) is 0 Å². The molecule has 0 aliphatic carbocycles. The van der Waals surface area contributed by atoms with Crippen molar-refractivity contribution in [2.24, 2.45) is 0 Å². The summed E-state index contributed by atoms with van der Waals surface area (Å²) >= 11 is 5.05. The SMILES string of the molecule is O=C(CCSc1ccc(Sc2ccc(SCCC(=O)c3ccc4c(c3)OCO4)cc2)cc1)c1ccc2c(c1)OCO2. The van der Waals surface area contributed by atoms with Crippen LogP contribution in [0, 0.1) is 0 Å². The fourth-order valence-corrected chi connectivity index (χ4v) is 6.82. The largest absolute Gasteiger partial charge is 0.454 e.